The summed E-state index contributed by atoms with van der Waals surface area (Å²) in [5.41, 5.74) is 0.174. The molecule has 0 aliphatic carbocycles. The van der Waals surface area contributed by atoms with Gasteiger partial charge in [-0.1, -0.05) is 0 Å². The summed E-state index contributed by atoms with van der Waals surface area (Å²) in [5, 5.41) is 13.6. The summed E-state index contributed by atoms with van der Waals surface area (Å²) < 4.78 is 5.95. The van der Waals surface area contributed by atoms with E-state index in [2.05, 4.69) is 21.2 Å². The summed E-state index contributed by atoms with van der Waals surface area (Å²) in [5.74, 6) is -0.304. The highest BCUT2D eigenvalue weighted by atomic mass is 79.9. The van der Waals surface area contributed by atoms with Crippen molar-refractivity contribution in [3.63, 3.8) is 0 Å². The third kappa shape index (κ3) is 4.50. The van der Waals surface area contributed by atoms with Crippen LogP contribution in [0.3, 0.4) is 0 Å². The highest BCUT2D eigenvalue weighted by Gasteiger charge is 2.17. The van der Waals surface area contributed by atoms with E-state index in [0.717, 1.165) is 32.3 Å². The van der Waals surface area contributed by atoms with Gasteiger partial charge in [0.15, 0.2) is 0 Å². The van der Waals surface area contributed by atoms with Gasteiger partial charge in [-0.15, -0.1) is 0 Å². The van der Waals surface area contributed by atoms with E-state index >= 15 is 0 Å². The van der Waals surface area contributed by atoms with Crippen LogP contribution in [0.2, 0.25) is 0 Å². The van der Waals surface area contributed by atoms with Gasteiger partial charge in [0.25, 0.3) is 11.6 Å². The lowest BCUT2D eigenvalue weighted by molar-refractivity contribution is -0.385. The van der Waals surface area contributed by atoms with E-state index in [0.29, 0.717) is 11.0 Å². The number of hydrogen-bond donors (Lipinski definition) is 1. The van der Waals surface area contributed by atoms with Gasteiger partial charge in [-0.3, -0.25) is 14.9 Å². The third-order valence-electron chi connectivity index (χ3n) is 3.43. The van der Waals surface area contributed by atoms with Crippen molar-refractivity contribution in [3.05, 3.63) is 38.3 Å². The second-order valence-electron chi connectivity index (χ2n) is 4.96. The van der Waals surface area contributed by atoms with E-state index in [1.807, 2.05) is 0 Å². The van der Waals surface area contributed by atoms with Crippen LogP contribution >= 0.6 is 15.9 Å². The highest BCUT2D eigenvalue weighted by Crippen LogP contribution is 2.25. The van der Waals surface area contributed by atoms with Crippen LogP contribution in [0.4, 0.5) is 5.69 Å². The van der Waals surface area contributed by atoms with Gasteiger partial charge in [0.05, 0.1) is 15.5 Å². The quantitative estimate of drug-likeness (QED) is 0.649. The fraction of sp³-hybridized carbons (Fsp3) is 0.500. The van der Waals surface area contributed by atoms with E-state index in [-0.39, 0.29) is 23.3 Å². The number of nitro benzene ring substituents is 1. The number of carbonyl (C=O) groups is 1. The fourth-order valence-electron chi connectivity index (χ4n) is 2.28. The first kappa shape index (κ1) is 15.9. The molecule has 21 heavy (non-hydrogen) atoms. The van der Waals surface area contributed by atoms with Crippen LogP contribution in [0, 0.1) is 10.1 Å². The van der Waals surface area contributed by atoms with Gasteiger partial charge in [0, 0.05) is 24.8 Å². The topological polar surface area (TPSA) is 81.5 Å². The number of nitrogens with zero attached hydrogens (tertiary/aromatic N) is 1. The molecule has 0 radical (unpaired) electrons. The molecule has 0 saturated carbocycles. The van der Waals surface area contributed by atoms with Gasteiger partial charge in [-0.25, -0.2) is 0 Å². The maximum absolute atomic E-state index is 12.0. The molecule has 1 heterocycles. The lowest BCUT2D eigenvalue weighted by Crippen LogP contribution is -2.29. The third-order valence-corrected chi connectivity index (χ3v) is 4.10. The predicted octanol–water partition coefficient (Wildman–Crippen LogP) is 3.05. The Kier molecular flexibility index (Phi) is 5.69. The van der Waals surface area contributed by atoms with Crippen molar-refractivity contribution in [2.45, 2.75) is 31.8 Å². The Hall–Kier alpha value is -1.47. The van der Waals surface area contributed by atoms with Crippen molar-refractivity contribution in [2.75, 3.05) is 13.2 Å². The lowest BCUT2D eigenvalue weighted by atomic mass is 10.1. The number of carbonyl (C=O) groups excluding carboxylic acids is 1. The standard InChI is InChI=1S/C14H17BrN2O4/c15-12-5-4-10(9-13(12)17(19)20)14(18)16-7-6-11-3-1-2-8-21-11/h4-5,9,11H,1-3,6-8H2,(H,16,18). The lowest BCUT2D eigenvalue weighted by Gasteiger charge is -2.22. The average molecular weight is 357 g/mol. The molecule has 0 bridgehead atoms. The molecule has 0 aromatic heterocycles. The van der Waals surface area contributed by atoms with Crippen LogP contribution in [0.25, 0.3) is 0 Å². The molecule has 6 nitrogen and oxygen atoms in total. The predicted molar refractivity (Wildman–Crippen MR) is 81.3 cm³/mol. The van der Waals surface area contributed by atoms with E-state index in [1.54, 1.807) is 6.07 Å². The summed E-state index contributed by atoms with van der Waals surface area (Å²) in [4.78, 5) is 22.3. The van der Waals surface area contributed by atoms with Crippen molar-refractivity contribution in [1.82, 2.24) is 5.32 Å². The molecular formula is C14H17BrN2O4. The van der Waals surface area contributed by atoms with Crippen LogP contribution in [0.5, 0.6) is 0 Å². The summed E-state index contributed by atoms with van der Waals surface area (Å²) in [6.45, 7) is 1.30. The van der Waals surface area contributed by atoms with Crippen LogP contribution in [-0.2, 0) is 4.74 Å². The summed E-state index contributed by atoms with van der Waals surface area (Å²) in [6, 6.07) is 4.34. The largest absolute Gasteiger partial charge is 0.378 e. The van der Waals surface area contributed by atoms with E-state index < -0.39 is 4.92 Å². The molecule has 1 aliphatic heterocycles. The van der Waals surface area contributed by atoms with Gasteiger partial charge < -0.3 is 10.1 Å². The monoisotopic (exact) mass is 356 g/mol. The summed E-state index contributed by atoms with van der Waals surface area (Å²) in [6.07, 6.45) is 4.27. The zero-order chi connectivity index (χ0) is 15.2. The Balaban J connectivity index is 1.88. The number of hydrogen-bond acceptors (Lipinski definition) is 4. The normalized spacial score (nSPS) is 18.2. The fourth-order valence-corrected chi connectivity index (χ4v) is 2.67. The van der Waals surface area contributed by atoms with Gasteiger partial charge in [0.1, 0.15) is 0 Å². The van der Waals surface area contributed by atoms with Crippen molar-refractivity contribution < 1.29 is 14.5 Å². The number of nitro groups is 1. The Bertz CT molecular complexity index is 530. The van der Waals surface area contributed by atoms with Crippen LogP contribution in [-0.4, -0.2) is 30.1 Å². The molecule has 2 rings (SSSR count). The van der Waals surface area contributed by atoms with Gasteiger partial charge in [-0.2, -0.15) is 0 Å². The van der Waals surface area contributed by atoms with Crippen molar-refractivity contribution in [2.24, 2.45) is 0 Å². The number of halogens is 1. The molecule has 1 N–H and O–H groups in total. The van der Waals surface area contributed by atoms with E-state index in [4.69, 9.17) is 4.74 Å². The van der Waals surface area contributed by atoms with Gasteiger partial charge in [0.2, 0.25) is 0 Å². The van der Waals surface area contributed by atoms with E-state index in [9.17, 15) is 14.9 Å². The zero-order valence-corrected chi connectivity index (χ0v) is 13.1. The SMILES string of the molecule is O=C(NCCC1CCCCO1)c1ccc(Br)c([N+](=O)[O-])c1. The Labute approximate surface area is 131 Å². The smallest absolute Gasteiger partial charge is 0.284 e. The minimum atomic E-state index is -0.517. The van der Waals surface area contributed by atoms with Gasteiger partial charge >= 0.3 is 0 Å². The minimum Gasteiger partial charge on any atom is -0.378 e. The highest BCUT2D eigenvalue weighted by molar-refractivity contribution is 9.10. The molecule has 7 heteroatoms. The maximum Gasteiger partial charge on any atom is 0.284 e. The molecule has 1 aliphatic rings. The van der Waals surface area contributed by atoms with Crippen molar-refractivity contribution in [1.29, 1.82) is 0 Å². The molecule has 1 aromatic rings. The number of rotatable bonds is 5. The van der Waals surface area contributed by atoms with Crippen LogP contribution < -0.4 is 5.32 Å². The average Bonchev–Trinajstić information content (AvgIpc) is 2.48. The summed E-state index contributed by atoms with van der Waals surface area (Å²) >= 11 is 3.09. The first-order chi connectivity index (χ1) is 10.1. The van der Waals surface area contributed by atoms with E-state index in [1.165, 1.54) is 12.1 Å². The Morgan fingerprint density at radius 1 is 1.48 bits per heavy atom. The molecule has 114 valence electrons. The first-order valence-electron chi connectivity index (χ1n) is 6.91. The molecule has 1 unspecified atom stereocenters. The first-order valence-corrected chi connectivity index (χ1v) is 7.71. The molecule has 1 amide bonds. The Morgan fingerprint density at radius 2 is 2.29 bits per heavy atom. The number of nitrogens with one attached hydrogen (secondary N) is 1. The molecule has 1 atom stereocenters. The molecular weight excluding hydrogens is 340 g/mol. The molecule has 1 fully saturated rings. The second-order valence-corrected chi connectivity index (χ2v) is 5.81. The number of benzene rings is 1. The van der Waals surface area contributed by atoms with Crippen LogP contribution in [0.1, 0.15) is 36.0 Å². The Morgan fingerprint density at radius 3 is 2.95 bits per heavy atom. The van der Waals surface area contributed by atoms with Gasteiger partial charge in [-0.05, 0) is 53.7 Å². The zero-order valence-electron chi connectivity index (χ0n) is 11.5. The molecule has 1 saturated heterocycles. The minimum absolute atomic E-state index is 0.113. The number of ether oxygens (including phenoxy) is 1. The van der Waals surface area contributed by atoms with Crippen molar-refractivity contribution >= 4 is 27.5 Å². The number of amides is 1. The maximum atomic E-state index is 12.0. The van der Waals surface area contributed by atoms with Crippen LogP contribution in [0.15, 0.2) is 22.7 Å². The second kappa shape index (κ2) is 7.51. The van der Waals surface area contributed by atoms with Crippen molar-refractivity contribution in [3.8, 4) is 0 Å². The molecule has 1 aromatic carbocycles. The molecule has 0 spiro atoms. The summed E-state index contributed by atoms with van der Waals surface area (Å²) in [7, 11) is 0.